The second kappa shape index (κ2) is 8.32. The number of hydrogen-bond donors (Lipinski definition) is 3. The third-order valence-electron chi connectivity index (χ3n) is 4.71. The van der Waals surface area contributed by atoms with Crippen LogP contribution in [0.1, 0.15) is 23.5 Å². The number of amides is 2. The van der Waals surface area contributed by atoms with Gasteiger partial charge in [0.15, 0.2) is 16.6 Å². The van der Waals surface area contributed by atoms with Gasteiger partial charge < -0.3 is 9.47 Å². The zero-order valence-electron chi connectivity index (χ0n) is 15.4. The van der Waals surface area contributed by atoms with Crippen LogP contribution >= 0.6 is 12.2 Å². The Labute approximate surface area is 173 Å². The van der Waals surface area contributed by atoms with Crippen LogP contribution in [0.4, 0.5) is 0 Å². The van der Waals surface area contributed by atoms with Gasteiger partial charge in [0.2, 0.25) is 18.6 Å². The minimum absolute atomic E-state index is 0.0237. The van der Waals surface area contributed by atoms with Crippen molar-refractivity contribution < 1.29 is 19.1 Å². The lowest BCUT2D eigenvalue weighted by Crippen LogP contribution is -2.48. The van der Waals surface area contributed by atoms with Crippen molar-refractivity contribution >= 4 is 35.2 Å². The Morgan fingerprint density at radius 2 is 1.83 bits per heavy atom. The van der Waals surface area contributed by atoms with E-state index in [0.29, 0.717) is 11.5 Å². The molecule has 7 nitrogen and oxygen atoms in total. The fraction of sp³-hybridized carbons (Fsp3) is 0.190. The molecule has 0 unspecified atom stereocenters. The van der Waals surface area contributed by atoms with Crippen LogP contribution < -0.4 is 25.6 Å². The smallest absolute Gasteiger partial charge is 0.250 e. The Hall–Kier alpha value is -3.39. The van der Waals surface area contributed by atoms with Crippen molar-refractivity contribution in [1.29, 1.82) is 0 Å². The van der Waals surface area contributed by atoms with Crippen LogP contribution in [0.25, 0.3) is 6.08 Å². The van der Waals surface area contributed by atoms with Gasteiger partial charge in [-0.3, -0.25) is 25.8 Å². The van der Waals surface area contributed by atoms with Gasteiger partial charge in [0, 0.05) is 12.0 Å². The Kier molecular flexibility index (Phi) is 5.44. The van der Waals surface area contributed by atoms with Crippen molar-refractivity contribution in [2.24, 2.45) is 5.92 Å². The van der Waals surface area contributed by atoms with Crippen LogP contribution in [-0.4, -0.2) is 23.7 Å². The molecule has 2 amide bonds. The summed E-state index contributed by atoms with van der Waals surface area (Å²) >= 11 is 5.05. The highest BCUT2D eigenvalue weighted by atomic mass is 32.1. The average molecular weight is 409 g/mol. The average Bonchev–Trinajstić information content (AvgIpc) is 3.41. The summed E-state index contributed by atoms with van der Waals surface area (Å²) in [6.07, 6.45) is 3.78. The van der Waals surface area contributed by atoms with Gasteiger partial charge >= 0.3 is 0 Å². The first kappa shape index (κ1) is 18.9. The van der Waals surface area contributed by atoms with Crippen molar-refractivity contribution in [3.05, 3.63) is 65.7 Å². The summed E-state index contributed by atoms with van der Waals surface area (Å²) in [5.41, 5.74) is 7.06. The maximum Gasteiger partial charge on any atom is 0.250 e. The first-order chi connectivity index (χ1) is 14.1. The van der Waals surface area contributed by atoms with Crippen LogP contribution in [-0.2, 0) is 9.59 Å². The van der Waals surface area contributed by atoms with Crippen LogP contribution in [0.3, 0.4) is 0 Å². The van der Waals surface area contributed by atoms with E-state index in [0.717, 1.165) is 17.5 Å². The molecule has 4 rings (SSSR count). The van der Waals surface area contributed by atoms with E-state index >= 15 is 0 Å². The zero-order valence-corrected chi connectivity index (χ0v) is 16.2. The standard InChI is InChI=1S/C21H19N3O4S/c25-19(9-7-13-6-8-17-18(10-13)28-12-27-17)22-21(29)24-23-20(26)16-11-15(16)14-4-2-1-3-5-14/h1-10,15-16H,11-12H2,(H,23,26)(H2,22,24,25,29)/b9-7+/t15-,16+/m0/s1. The molecule has 1 aliphatic carbocycles. The van der Waals surface area contributed by atoms with E-state index in [2.05, 4.69) is 16.2 Å². The molecule has 0 saturated heterocycles. The zero-order chi connectivity index (χ0) is 20.2. The Morgan fingerprint density at radius 1 is 1.03 bits per heavy atom. The van der Waals surface area contributed by atoms with Crippen molar-refractivity contribution in [1.82, 2.24) is 16.2 Å². The van der Waals surface area contributed by atoms with E-state index in [9.17, 15) is 9.59 Å². The molecule has 1 fully saturated rings. The number of carbonyl (C=O) groups is 2. The van der Waals surface area contributed by atoms with E-state index in [1.165, 1.54) is 6.08 Å². The molecule has 2 aromatic carbocycles. The normalized spacial score (nSPS) is 18.9. The van der Waals surface area contributed by atoms with Gasteiger partial charge in [-0.1, -0.05) is 36.4 Å². The molecule has 2 aromatic rings. The molecule has 0 spiro atoms. The number of carbonyl (C=O) groups excluding carboxylic acids is 2. The quantitative estimate of drug-likeness (QED) is 0.408. The van der Waals surface area contributed by atoms with Crippen molar-refractivity contribution in [2.75, 3.05) is 6.79 Å². The molecule has 0 radical (unpaired) electrons. The van der Waals surface area contributed by atoms with Crippen LogP contribution in [0.5, 0.6) is 11.5 Å². The summed E-state index contributed by atoms with van der Waals surface area (Å²) in [7, 11) is 0. The molecule has 3 N–H and O–H groups in total. The molecule has 0 bridgehead atoms. The van der Waals surface area contributed by atoms with Gasteiger partial charge in [-0.15, -0.1) is 0 Å². The number of hydrazine groups is 1. The molecule has 8 heteroatoms. The predicted octanol–water partition coefficient (Wildman–Crippen LogP) is 2.25. The van der Waals surface area contributed by atoms with Gasteiger partial charge in [-0.2, -0.15) is 0 Å². The molecule has 2 atom stereocenters. The lowest BCUT2D eigenvalue weighted by molar-refractivity contribution is -0.123. The van der Waals surface area contributed by atoms with E-state index in [1.807, 2.05) is 36.4 Å². The van der Waals surface area contributed by atoms with Crippen molar-refractivity contribution in [3.8, 4) is 11.5 Å². The SMILES string of the molecule is O=C(/C=C/c1ccc2c(c1)OCO2)NC(=S)NNC(=O)[C@@H]1C[C@H]1c1ccccc1. The minimum atomic E-state index is -0.414. The molecule has 1 aliphatic heterocycles. The summed E-state index contributed by atoms with van der Waals surface area (Å²) in [4.78, 5) is 24.2. The molecule has 148 valence electrons. The lowest BCUT2D eigenvalue weighted by Gasteiger charge is -2.09. The number of thiocarbonyl (C=S) groups is 1. The Morgan fingerprint density at radius 3 is 2.66 bits per heavy atom. The van der Waals surface area contributed by atoms with E-state index in [1.54, 1.807) is 18.2 Å². The maximum atomic E-state index is 12.2. The van der Waals surface area contributed by atoms with E-state index in [-0.39, 0.29) is 29.6 Å². The molecule has 2 aliphatic rings. The van der Waals surface area contributed by atoms with Crippen molar-refractivity contribution in [3.63, 3.8) is 0 Å². The summed E-state index contributed by atoms with van der Waals surface area (Å²) in [5.74, 6) is 0.897. The Balaban J connectivity index is 1.20. The topological polar surface area (TPSA) is 88.7 Å². The van der Waals surface area contributed by atoms with Gasteiger partial charge in [0.05, 0.1) is 0 Å². The molecule has 1 heterocycles. The Bertz CT molecular complexity index is 977. The third kappa shape index (κ3) is 4.72. The van der Waals surface area contributed by atoms with Gasteiger partial charge in [0.1, 0.15) is 0 Å². The van der Waals surface area contributed by atoms with E-state index in [4.69, 9.17) is 21.7 Å². The third-order valence-corrected chi connectivity index (χ3v) is 4.92. The predicted molar refractivity (Wildman–Crippen MR) is 111 cm³/mol. The van der Waals surface area contributed by atoms with Gasteiger partial charge in [-0.05, 0) is 53.9 Å². The van der Waals surface area contributed by atoms with E-state index < -0.39 is 5.91 Å². The summed E-state index contributed by atoms with van der Waals surface area (Å²) < 4.78 is 10.5. The summed E-state index contributed by atoms with van der Waals surface area (Å²) in [6, 6.07) is 15.3. The molecule has 1 saturated carbocycles. The number of hydrogen-bond acceptors (Lipinski definition) is 5. The van der Waals surface area contributed by atoms with Gasteiger partial charge in [0.25, 0.3) is 0 Å². The second-order valence-corrected chi connectivity index (χ2v) is 7.15. The first-order valence-corrected chi connectivity index (χ1v) is 9.54. The van der Waals surface area contributed by atoms with Crippen LogP contribution in [0.15, 0.2) is 54.6 Å². The highest BCUT2D eigenvalue weighted by Gasteiger charge is 2.43. The number of rotatable bonds is 4. The summed E-state index contributed by atoms with van der Waals surface area (Å²) in [5, 5.41) is 2.51. The minimum Gasteiger partial charge on any atom is -0.454 e. The second-order valence-electron chi connectivity index (χ2n) is 6.74. The fourth-order valence-electron chi connectivity index (χ4n) is 3.14. The van der Waals surface area contributed by atoms with Crippen LogP contribution in [0.2, 0.25) is 0 Å². The highest BCUT2D eigenvalue weighted by molar-refractivity contribution is 7.80. The maximum absolute atomic E-state index is 12.2. The largest absolute Gasteiger partial charge is 0.454 e. The fourth-order valence-corrected chi connectivity index (χ4v) is 3.29. The molecule has 0 aromatic heterocycles. The number of fused-ring (bicyclic) bond motifs is 1. The summed E-state index contributed by atoms with van der Waals surface area (Å²) in [6.45, 7) is 0.196. The lowest BCUT2D eigenvalue weighted by atomic mass is 10.1. The number of ether oxygens (including phenoxy) is 2. The number of benzene rings is 2. The number of nitrogens with one attached hydrogen (secondary N) is 3. The van der Waals surface area contributed by atoms with Gasteiger partial charge in [-0.25, -0.2) is 0 Å². The first-order valence-electron chi connectivity index (χ1n) is 9.13. The molecule has 29 heavy (non-hydrogen) atoms. The van der Waals surface area contributed by atoms with Crippen LogP contribution in [0, 0.1) is 5.92 Å². The van der Waals surface area contributed by atoms with Crippen molar-refractivity contribution in [2.45, 2.75) is 12.3 Å². The molecular weight excluding hydrogens is 390 g/mol. The highest BCUT2D eigenvalue weighted by Crippen LogP contribution is 2.47. The molecular formula is C21H19N3O4S. The monoisotopic (exact) mass is 409 g/mol.